The fourth-order valence-electron chi connectivity index (χ4n) is 1.60. The highest BCUT2D eigenvalue weighted by Crippen LogP contribution is 2.38. The van der Waals surface area contributed by atoms with Crippen LogP contribution in [-0.2, 0) is 4.43 Å². The fraction of sp³-hybridized carbons (Fsp3) is 0.857. The molecule has 0 aliphatic heterocycles. The molecule has 0 saturated carbocycles. The predicted molar refractivity (Wildman–Crippen MR) is 85.5 cm³/mol. The van der Waals surface area contributed by atoms with Crippen molar-refractivity contribution in [2.75, 3.05) is 0 Å². The summed E-state index contributed by atoms with van der Waals surface area (Å²) in [7, 11) is -3.12. The topological polar surface area (TPSA) is 49.7 Å². The highest BCUT2D eigenvalue weighted by atomic mass is 28.4. The Morgan fingerprint density at radius 2 is 1.84 bits per heavy atom. The molecule has 2 N–H and O–H groups in total. The van der Waals surface area contributed by atoms with E-state index in [9.17, 15) is 0 Å². The van der Waals surface area contributed by atoms with Gasteiger partial charge in [-0.05, 0) is 31.0 Å². The van der Waals surface area contributed by atoms with Crippen molar-refractivity contribution in [1.29, 1.82) is 0 Å². The van der Waals surface area contributed by atoms with Gasteiger partial charge < -0.3 is 14.5 Å². The molecule has 0 unspecified atom stereocenters. The molecule has 0 spiro atoms. The Labute approximate surface area is 120 Å². The Hall–Kier alpha value is -0.0982. The smallest absolute Gasteiger partial charge is 0.424 e. The van der Waals surface area contributed by atoms with Gasteiger partial charge in [-0.2, -0.15) is 0 Å². The second-order valence-corrected chi connectivity index (χ2v) is 11.5. The van der Waals surface area contributed by atoms with Crippen molar-refractivity contribution in [3.8, 4) is 0 Å². The van der Waals surface area contributed by atoms with Crippen molar-refractivity contribution in [3.63, 3.8) is 0 Å². The molecule has 0 aromatic heterocycles. The second kappa shape index (κ2) is 8.25. The lowest BCUT2D eigenvalue weighted by atomic mass is 9.91. The molecule has 0 rings (SSSR count). The van der Waals surface area contributed by atoms with E-state index in [1.165, 1.54) is 5.98 Å². The van der Waals surface area contributed by atoms with E-state index in [1.807, 2.05) is 6.08 Å². The van der Waals surface area contributed by atoms with Crippen molar-refractivity contribution in [2.45, 2.75) is 77.6 Å². The van der Waals surface area contributed by atoms with E-state index < -0.39 is 15.4 Å². The zero-order chi connectivity index (χ0) is 15.1. The van der Waals surface area contributed by atoms with Gasteiger partial charge in [0.15, 0.2) is 8.32 Å². The number of hydrogen-bond acceptors (Lipinski definition) is 3. The summed E-state index contributed by atoms with van der Waals surface area (Å²) in [6.07, 6.45) is 6.10. The van der Waals surface area contributed by atoms with Crippen LogP contribution in [0, 0.1) is 0 Å². The van der Waals surface area contributed by atoms with Crippen molar-refractivity contribution in [3.05, 3.63) is 12.1 Å². The molecular formula is C14H31BO3Si. The molecule has 0 amide bonds. The van der Waals surface area contributed by atoms with Crippen molar-refractivity contribution < 1.29 is 14.5 Å². The molecular weight excluding hydrogens is 255 g/mol. The van der Waals surface area contributed by atoms with E-state index in [4.69, 9.17) is 14.5 Å². The van der Waals surface area contributed by atoms with Crippen LogP contribution >= 0.6 is 0 Å². The lowest BCUT2D eigenvalue weighted by Crippen LogP contribution is -2.43. The van der Waals surface area contributed by atoms with Crippen molar-refractivity contribution in [1.82, 2.24) is 0 Å². The predicted octanol–water partition coefficient (Wildman–Crippen LogP) is 3.53. The summed E-state index contributed by atoms with van der Waals surface area (Å²) < 4.78 is 6.41. The van der Waals surface area contributed by atoms with E-state index in [0.29, 0.717) is 0 Å². The third-order valence-electron chi connectivity index (χ3n) is 3.85. The average molecular weight is 286 g/mol. The molecule has 5 heteroatoms. The minimum absolute atomic E-state index is 0.191. The second-order valence-electron chi connectivity index (χ2n) is 6.72. The summed E-state index contributed by atoms with van der Waals surface area (Å²) in [6, 6.07) is 0. The van der Waals surface area contributed by atoms with Crippen LogP contribution < -0.4 is 0 Å². The lowest BCUT2D eigenvalue weighted by Gasteiger charge is -2.39. The van der Waals surface area contributed by atoms with Crippen LogP contribution in [0.3, 0.4) is 0 Å². The Balaban J connectivity index is 4.58. The highest BCUT2D eigenvalue weighted by Gasteiger charge is 2.38. The molecule has 0 fully saturated rings. The first-order valence-corrected chi connectivity index (χ1v) is 10.2. The highest BCUT2D eigenvalue weighted by molar-refractivity contribution is 6.74. The van der Waals surface area contributed by atoms with Crippen LogP contribution in [0.25, 0.3) is 0 Å². The van der Waals surface area contributed by atoms with Gasteiger partial charge in [-0.1, -0.05) is 52.6 Å². The summed E-state index contributed by atoms with van der Waals surface area (Å²) in [5.74, 6) is 1.41. The van der Waals surface area contributed by atoms with E-state index in [-0.39, 0.29) is 11.1 Å². The maximum absolute atomic E-state index is 8.84. The van der Waals surface area contributed by atoms with Gasteiger partial charge in [0.05, 0.1) is 0 Å². The molecule has 0 radical (unpaired) electrons. The quantitative estimate of drug-likeness (QED) is 0.671. The SMILES string of the molecule is CCCC[C@@H](C/C=C/B(O)O)O[Si](C)(C)C(C)(C)C. The Morgan fingerprint density at radius 1 is 1.26 bits per heavy atom. The van der Waals surface area contributed by atoms with E-state index in [2.05, 4.69) is 40.8 Å². The van der Waals surface area contributed by atoms with E-state index >= 15 is 0 Å². The average Bonchev–Trinajstić information content (AvgIpc) is 2.23. The van der Waals surface area contributed by atoms with E-state index in [1.54, 1.807) is 0 Å². The number of unbranched alkanes of at least 4 members (excludes halogenated alkanes) is 1. The molecule has 0 aliphatic carbocycles. The summed E-state index contributed by atoms with van der Waals surface area (Å²) in [6.45, 7) is 13.4. The maximum atomic E-state index is 8.84. The van der Waals surface area contributed by atoms with Gasteiger partial charge in [0.25, 0.3) is 0 Å². The third kappa shape index (κ3) is 7.92. The molecule has 0 aliphatic rings. The standard InChI is InChI=1S/C14H31BO3Si/c1-7-8-10-13(11-9-12-15(16)17)18-19(5,6)14(2,3)4/h9,12-13,16-17H,7-8,10-11H2,1-6H3/b12-9+/t13-/m0/s1. The van der Waals surface area contributed by atoms with Crippen molar-refractivity contribution >= 4 is 15.4 Å². The van der Waals surface area contributed by atoms with Crippen LogP contribution in [0.4, 0.5) is 0 Å². The molecule has 19 heavy (non-hydrogen) atoms. The van der Waals surface area contributed by atoms with Crippen LogP contribution in [0.1, 0.15) is 53.4 Å². The van der Waals surface area contributed by atoms with Crippen LogP contribution in [-0.4, -0.2) is 31.6 Å². The molecule has 1 atom stereocenters. The third-order valence-corrected chi connectivity index (χ3v) is 8.39. The van der Waals surface area contributed by atoms with Gasteiger partial charge in [-0.3, -0.25) is 0 Å². The largest absolute Gasteiger partial charge is 0.480 e. The number of hydrogen-bond donors (Lipinski definition) is 2. The normalized spacial score (nSPS) is 14.9. The Kier molecular flexibility index (Phi) is 8.20. The molecule has 0 aromatic carbocycles. The summed E-state index contributed by atoms with van der Waals surface area (Å²) in [5, 5.41) is 17.9. The molecule has 0 aromatic rings. The van der Waals surface area contributed by atoms with Crippen LogP contribution in [0.5, 0.6) is 0 Å². The fourth-order valence-corrected chi connectivity index (χ4v) is 3.00. The Bertz CT molecular complexity index is 272. The summed E-state index contributed by atoms with van der Waals surface area (Å²) in [5.41, 5.74) is 0. The monoisotopic (exact) mass is 286 g/mol. The first-order valence-electron chi connectivity index (χ1n) is 7.30. The van der Waals surface area contributed by atoms with E-state index in [0.717, 1.165) is 25.7 Å². The zero-order valence-electron chi connectivity index (χ0n) is 13.4. The first-order chi connectivity index (χ1) is 8.60. The van der Waals surface area contributed by atoms with Crippen LogP contribution in [0.2, 0.25) is 18.1 Å². The lowest BCUT2D eigenvalue weighted by molar-refractivity contribution is 0.170. The molecule has 112 valence electrons. The summed E-state index contributed by atoms with van der Waals surface area (Å²) >= 11 is 0. The molecule has 3 nitrogen and oxygen atoms in total. The first kappa shape index (κ1) is 18.9. The van der Waals surface area contributed by atoms with Gasteiger partial charge >= 0.3 is 7.12 Å². The number of rotatable bonds is 8. The minimum Gasteiger partial charge on any atom is -0.424 e. The van der Waals surface area contributed by atoms with Gasteiger partial charge in [0.1, 0.15) is 0 Å². The molecule has 0 bridgehead atoms. The van der Waals surface area contributed by atoms with Crippen molar-refractivity contribution in [2.24, 2.45) is 0 Å². The Morgan fingerprint density at radius 3 is 2.26 bits per heavy atom. The summed E-state index contributed by atoms with van der Waals surface area (Å²) in [4.78, 5) is 0. The minimum atomic E-state index is -1.75. The van der Waals surface area contributed by atoms with Gasteiger partial charge in [-0.25, -0.2) is 0 Å². The van der Waals surface area contributed by atoms with Gasteiger partial charge in [0.2, 0.25) is 0 Å². The van der Waals surface area contributed by atoms with Gasteiger partial charge in [-0.15, -0.1) is 0 Å². The molecule has 0 heterocycles. The van der Waals surface area contributed by atoms with Gasteiger partial charge in [0, 0.05) is 6.10 Å². The van der Waals surface area contributed by atoms with Crippen LogP contribution in [0.15, 0.2) is 12.1 Å². The zero-order valence-corrected chi connectivity index (χ0v) is 14.4. The maximum Gasteiger partial charge on any atom is 0.480 e. The molecule has 0 saturated heterocycles.